The lowest BCUT2D eigenvalue weighted by molar-refractivity contribution is -0.120. The number of anilines is 1. The van der Waals surface area contributed by atoms with Crippen molar-refractivity contribution in [1.82, 2.24) is 10.3 Å². The molecule has 0 saturated heterocycles. The van der Waals surface area contributed by atoms with Gasteiger partial charge in [-0.05, 0) is 59.2 Å². The van der Waals surface area contributed by atoms with E-state index < -0.39 is 0 Å². The number of ether oxygens (including phenoxy) is 1. The number of carbonyl (C=O) groups is 2. The first-order chi connectivity index (χ1) is 17.1. The van der Waals surface area contributed by atoms with E-state index in [4.69, 9.17) is 4.74 Å². The van der Waals surface area contributed by atoms with Gasteiger partial charge >= 0.3 is 0 Å². The minimum Gasteiger partial charge on any atom is -0.497 e. The quantitative estimate of drug-likeness (QED) is 0.386. The topological polar surface area (TPSA) is 71.5 Å². The van der Waals surface area contributed by atoms with E-state index in [1.165, 1.54) is 0 Å². The molecule has 0 spiro atoms. The highest BCUT2D eigenvalue weighted by Crippen LogP contribution is 2.23. The fraction of sp³-hybridized carbons (Fsp3) is 0.138. The summed E-state index contributed by atoms with van der Waals surface area (Å²) >= 11 is 0. The second-order valence-electron chi connectivity index (χ2n) is 8.09. The lowest BCUT2D eigenvalue weighted by Crippen LogP contribution is -2.30. The van der Waals surface area contributed by atoms with E-state index in [2.05, 4.69) is 10.3 Å². The monoisotopic (exact) mass is 465 g/mol. The van der Waals surface area contributed by atoms with Crippen molar-refractivity contribution in [2.45, 2.75) is 19.5 Å². The molecule has 0 atom stereocenters. The first-order valence-corrected chi connectivity index (χ1v) is 11.4. The molecule has 3 aromatic carbocycles. The van der Waals surface area contributed by atoms with E-state index in [1.807, 2.05) is 72.8 Å². The van der Waals surface area contributed by atoms with Gasteiger partial charge in [0.05, 0.1) is 20.1 Å². The molecule has 4 rings (SSSR count). The number of amides is 2. The van der Waals surface area contributed by atoms with Crippen LogP contribution in [-0.2, 0) is 24.3 Å². The average molecular weight is 466 g/mol. The first-order valence-electron chi connectivity index (χ1n) is 11.4. The number of nitrogens with one attached hydrogen (secondary N) is 1. The number of rotatable bonds is 9. The largest absolute Gasteiger partial charge is 0.497 e. The molecule has 0 fully saturated rings. The van der Waals surface area contributed by atoms with Crippen LogP contribution in [-0.4, -0.2) is 23.9 Å². The lowest BCUT2D eigenvalue weighted by Gasteiger charge is -2.24. The average Bonchev–Trinajstić information content (AvgIpc) is 2.91. The Hall–Kier alpha value is -4.45. The van der Waals surface area contributed by atoms with E-state index in [1.54, 1.807) is 42.6 Å². The van der Waals surface area contributed by atoms with Gasteiger partial charge in [0.2, 0.25) is 5.91 Å². The van der Waals surface area contributed by atoms with Gasteiger partial charge in [-0.1, -0.05) is 48.5 Å². The Labute approximate surface area is 205 Å². The highest BCUT2D eigenvalue weighted by atomic mass is 16.5. The minimum atomic E-state index is -0.146. The van der Waals surface area contributed by atoms with Crippen molar-refractivity contribution in [2.75, 3.05) is 12.0 Å². The van der Waals surface area contributed by atoms with Gasteiger partial charge in [0.1, 0.15) is 5.75 Å². The molecule has 4 aromatic rings. The fourth-order valence-electron chi connectivity index (χ4n) is 3.74. The molecule has 1 N–H and O–H groups in total. The second-order valence-corrected chi connectivity index (χ2v) is 8.09. The summed E-state index contributed by atoms with van der Waals surface area (Å²) in [6.07, 6.45) is 3.61. The van der Waals surface area contributed by atoms with Crippen LogP contribution in [0.25, 0.3) is 0 Å². The van der Waals surface area contributed by atoms with Gasteiger partial charge in [-0.15, -0.1) is 0 Å². The van der Waals surface area contributed by atoms with Crippen LogP contribution < -0.4 is 15.0 Å². The highest BCUT2D eigenvalue weighted by Gasteiger charge is 2.19. The molecule has 1 heterocycles. The Morgan fingerprint density at radius 1 is 0.829 bits per heavy atom. The summed E-state index contributed by atoms with van der Waals surface area (Å²) < 4.78 is 5.31. The Bertz CT molecular complexity index is 1280. The van der Waals surface area contributed by atoms with Crippen molar-refractivity contribution < 1.29 is 14.3 Å². The number of pyridine rings is 1. The molecule has 0 aliphatic rings. The third-order valence-corrected chi connectivity index (χ3v) is 5.57. The number of benzene rings is 3. The van der Waals surface area contributed by atoms with Gasteiger partial charge in [0.15, 0.2) is 0 Å². The van der Waals surface area contributed by atoms with E-state index in [9.17, 15) is 9.59 Å². The summed E-state index contributed by atoms with van der Waals surface area (Å²) in [5.74, 6) is 0.384. The van der Waals surface area contributed by atoms with Crippen LogP contribution in [0.1, 0.15) is 27.0 Å². The maximum absolute atomic E-state index is 13.6. The number of nitrogens with zero attached hydrogens (tertiary/aromatic N) is 2. The van der Waals surface area contributed by atoms with Gasteiger partial charge in [-0.2, -0.15) is 0 Å². The van der Waals surface area contributed by atoms with Crippen LogP contribution >= 0.6 is 0 Å². The van der Waals surface area contributed by atoms with Crippen LogP contribution in [0, 0.1) is 0 Å². The van der Waals surface area contributed by atoms with Crippen molar-refractivity contribution in [2.24, 2.45) is 0 Å². The van der Waals surface area contributed by atoms with E-state index >= 15 is 0 Å². The van der Waals surface area contributed by atoms with E-state index in [0.29, 0.717) is 24.4 Å². The molecule has 0 aliphatic heterocycles. The van der Waals surface area contributed by atoms with Crippen LogP contribution in [0.4, 0.5) is 5.69 Å². The molecule has 0 saturated carbocycles. The van der Waals surface area contributed by atoms with Gasteiger partial charge in [-0.25, -0.2) is 0 Å². The zero-order valence-electron chi connectivity index (χ0n) is 19.6. The number of methoxy groups -OCH3 is 1. The third kappa shape index (κ3) is 6.54. The minimum absolute atomic E-state index is 0.0901. The predicted octanol–water partition coefficient (Wildman–Crippen LogP) is 4.80. The molecule has 0 aliphatic carbocycles. The number of carbonyl (C=O) groups excluding carboxylic acids is 2. The molecule has 0 radical (unpaired) electrons. The fourth-order valence-corrected chi connectivity index (χ4v) is 3.74. The Morgan fingerprint density at radius 3 is 2.34 bits per heavy atom. The lowest BCUT2D eigenvalue weighted by atomic mass is 10.1. The summed E-state index contributed by atoms with van der Waals surface area (Å²) in [6, 6.07) is 28.2. The standard InChI is InChI=1S/C29H27N3O3/c1-35-27-12-6-10-25(19-27)29(34)32(21-23-7-3-2-4-8-23)26-11-5-9-24(17-26)18-28(33)31-20-22-13-15-30-16-14-22/h2-17,19H,18,20-21H2,1H3,(H,31,33). The smallest absolute Gasteiger partial charge is 0.258 e. The predicted molar refractivity (Wildman–Crippen MR) is 136 cm³/mol. The highest BCUT2D eigenvalue weighted by molar-refractivity contribution is 6.06. The van der Waals surface area contributed by atoms with Crippen LogP contribution in [0.2, 0.25) is 0 Å². The molecule has 0 unspecified atom stereocenters. The zero-order valence-corrected chi connectivity index (χ0v) is 19.6. The van der Waals surface area contributed by atoms with Gasteiger partial charge in [0, 0.05) is 30.2 Å². The molecule has 0 bridgehead atoms. The zero-order chi connectivity index (χ0) is 24.5. The maximum Gasteiger partial charge on any atom is 0.258 e. The summed E-state index contributed by atoms with van der Waals surface area (Å²) in [5.41, 5.74) is 4.07. The molecular formula is C29H27N3O3. The van der Waals surface area contributed by atoms with Gasteiger partial charge in [-0.3, -0.25) is 14.6 Å². The van der Waals surface area contributed by atoms with E-state index in [0.717, 1.165) is 22.4 Å². The number of hydrogen-bond acceptors (Lipinski definition) is 4. The maximum atomic E-state index is 13.6. The molecule has 35 heavy (non-hydrogen) atoms. The van der Waals surface area contributed by atoms with Crippen molar-refractivity contribution in [3.05, 3.63) is 126 Å². The van der Waals surface area contributed by atoms with Crippen molar-refractivity contribution in [3.8, 4) is 5.75 Å². The van der Waals surface area contributed by atoms with Crippen molar-refractivity contribution in [1.29, 1.82) is 0 Å². The third-order valence-electron chi connectivity index (χ3n) is 5.57. The summed E-state index contributed by atoms with van der Waals surface area (Å²) in [5, 5.41) is 2.94. The normalized spacial score (nSPS) is 10.4. The summed E-state index contributed by atoms with van der Waals surface area (Å²) in [6.45, 7) is 0.837. The number of aromatic nitrogens is 1. The molecule has 2 amide bonds. The van der Waals surface area contributed by atoms with E-state index in [-0.39, 0.29) is 18.2 Å². The van der Waals surface area contributed by atoms with Crippen LogP contribution in [0.15, 0.2) is 103 Å². The van der Waals surface area contributed by atoms with Crippen LogP contribution in [0.3, 0.4) is 0 Å². The second kappa shape index (κ2) is 11.6. The molecule has 6 heteroatoms. The Kier molecular flexibility index (Phi) is 7.86. The van der Waals surface area contributed by atoms with Crippen LogP contribution in [0.5, 0.6) is 5.75 Å². The first kappa shape index (κ1) is 23.7. The van der Waals surface area contributed by atoms with Gasteiger partial charge < -0.3 is 15.0 Å². The number of hydrogen-bond donors (Lipinski definition) is 1. The van der Waals surface area contributed by atoms with Gasteiger partial charge in [0.25, 0.3) is 5.91 Å². The Morgan fingerprint density at radius 2 is 1.57 bits per heavy atom. The molecular weight excluding hydrogens is 438 g/mol. The van der Waals surface area contributed by atoms with Crippen molar-refractivity contribution >= 4 is 17.5 Å². The molecule has 6 nitrogen and oxygen atoms in total. The molecule has 1 aromatic heterocycles. The SMILES string of the molecule is COc1cccc(C(=O)N(Cc2ccccc2)c2cccc(CC(=O)NCc3ccncc3)c2)c1. The Balaban J connectivity index is 1.55. The summed E-state index contributed by atoms with van der Waals surface area (Å²) in [7, 11) is 1.58. The summed E-state index contributed by atoms with van der Waals surface area (Å²) in [4.78, 5) is 31.9. The molecule has 176 valence electrons. The van der Waals surface area contributed by atoms with Crippen molar-refractivity contribution in [3.63, 3.8) is 0 Å².